The molecule has 2 heterocycles. The van der Waals surface area contributed by atoms with Crippen LogP contribution in [-0.4, -0.2) is 37.0 Å². The number of benzene rings is 1. The zero-order valence-corrected chi connectivity index (χ0v) is 12.7. The van der Waals surface area contributed by atoms with Gasteiger partial charge in [-0.1, -0.05) is 6.07 Å². The summed E-state index contributed by atoms with van der Waals surface area (Å²) in [5.41, 5.74) is 3.21. The molecule has 2 aliphatic rings. The van der Waals surface area contributed by atoms with Gasteiger partial charge in [-0.3, -0.25) is 4.79 Å². The molecule has 4 heteroatoms. The zero-order valence-electron chi connectivity index (χ0n) is 12.7. The zero-order chi connectivity index (χ0) is 14.7. The van der Waals surface area contributed by atoms with Crippen molar-refractivity contribution in [2.45, 2.75) is 44.9 Å². The first kappa shape index (κ1) is 14.5. The molecule has 0 saturated carbocycles. The predicted molar refractivity (Wildman–Crippen MR) is 82.2 cm³/mol. The molecule has 4 nitrogen and oxygen atoms in total. The van der Waals surface area contributed by atoms with Crippen LogP contribution in [0.3, 0.4) is 0 Å². The van der Waals surface area contributed by atoms with Gasteiger partial charge in [0.2, 0.25) is 0 Å². The molecule has 1 N–H and O–H groups in total. The highest BCUT2D eigenvalue weighted by Crippen LogP contribution is 2.25. The largest absolute Gasteiger partial charge is 0.372 e. The van der Waals surface area contributed by atoms with Crippen molar-refractivity contribution >= 4 is 5.91 Å². The fraction of sp³-hybridized carbons (Fsp3) is 0.588. The molecule has 0 bridgehead atoms. The molecule has 3 rings (SSSR count). The van der Waals surface area contributed by atoms with Gasteiger partial charge >= 0.3 is 0 Å². The lowest BCUT2D eigenvalue weighted by atomic mass is 9.97. The van der Waals surface area contributed by atoms with E-state index in [0.29, 0.717) is 19.3 Å². The smallest absolute Gasteiger partial charge is 0.254 e. The van der Waals surface area contributed by atoms with E-state index >= 15 is 0 Å². The molecule has 0 aliphatic carbocycles. The molecule has 1 atom stereocenters. The Morgan fingerprint density at radius 2 is 2.19 bits per heavy atom. The number of hydrogen-bond acceptors (Lipinski definition) is 3. The number of nitrogens with one attached hydrogen (secondary N) is 1. The standard InChI is InChI=1S/C17H24N2O2/c1-18-8-7-16-4-2-3-9-19(16)17(20)13-5-6-14-11-21-12-15(14)10-13/h5-6,10,16,18H,2-4,7-9,11-12H2,1H3. The van der Waals surface area contributed by atoms with Crippen LogP contribution < -0.4 is 5.32 Å². The number of hydrogen-bond donors (Lipinski definition) is 1. The molecule has 0 spiro atoms. The van der Waals surface area contributed by atoms with Crippen LogP contribution in [-0.2, 0) is 18.0 Å². The van der Waals surface area contributed by atoms with Crippen molar-refractivity contribution in [3.05, 3.63) is 34.9 Å². The summed E-state index contributed by atoms with van der Waals surface area (Å²) in [7, 11) is 1.97. The van der Waals surface area contributed by atoms with Crippen LogP contribution >= 0.6 is 0 Å². The molecule has 21 heavy (non-hydrogen) atoms. The summed E-state index contributed by atoms with van der Waals surface area (Å²) < 4.78 is 5.44. The molecule has 1 aromatic carbocycles. The lowest BCUT2D eigenvalue weighted by Gasteiger charge is -2.36. The van der Waals surface area contributed by atoms with Gasteiger partial charge in [-0.05, 0) is 62.5 Å². The topological polar surface area (TPSA) is 41.6 Å². The van der Waals surface area contributed by atoms with Gasteiger partial charge in [0.15, 0.2) is 0 Å². The Bertz CT molecular complexity index is 516. The quantitative estimate of drug-likeness (QED) is 0.924. The van der Waals surface area contributed by atoms with Crippen molar-refractivity contribution in [2.24, 2.45) is 0 Å². The monoisotopic (exact) mass is 288 g/mol. The third-order valence-electron chi connectivity index (χ3n) is 4.58. The van der Waals surface area contributed by atoms with Gasteiger partial charge in [0.1, 0.15) is 0 Å². The van der Waals surface area contributed by atoms with Crippen LogP contribution in [0.25, 0.3) is 0 Å². The van der Waals surface area contributed by atoms with Crippen molar-refractivity contribution in [3.8, 4) is 0 Å². The van der Waals surface area contributed by atoms with E-state index in [2.05, 4.69) is 10.2 Å². The minimum atomic E-state index is 0.186. The van der Waals surface area contributed by atoms with Crippen LogP contribution in [0, 0.1) is 0 Å². The molecule has 114 valence electrons. The minimum absolute atomic E-state index is 0.186. The van der Waals surface area contributed by atoms with E-state index < -0.39 is 0 Å². The fourth-order valence-corrected chi connectivity index (χ4v) is 3.35. The first-order chi connectivity index (χ1) is 10.3. The second-order valence-electron chi connectivity index (χ2n) is 6.02. The van der Waals surface area contributed by atoms with Gasteiger partial charge < -0.3 is 15.0 Å². The lowest BCUT2D eigenvalue weighted by molar-refractivity contribution is 0.0602. The van der Waals surface area contributed by atoms with Crippen LogP contribution in [0.4, 0.5) is 0 Å². The van der Waals surface area contributed by atoms with Crippen molar-refractivity contribution < 1.29 is 9.53 Å². The molecule has 1 fully saturated rings. The average Bonchev–Trinajstić information content (AvgIpc) is 3.00. The first-order valence-corrected chi connectivity index (χ1v) is 7.94. The molecule has 0 radical (unpaired) electrons. The maximum atomic E-state index is 12.8. The number of amides is 1. The molecule has 1 saturated heterocycles. The first-order valence-electron chi connectivity index (χ1n) is 7.94. The highest BCUT2D eigenvalue weighted by molar-refractivity contribution is 5.94. The molecular formula is C17H24N2O2. The fourth-order valence-electron chi connectivity index (χ4n) is 3.35. The van der Waals surface area contributed by atoms with Gasteiger partial charge in [0.25, 0.3) is 5.91 Å². The lowest BCUT2D eigenvalue weighted by Crippen LogP contribution is -2.44. The van der Waals surface area contributed by atoms with Gasteiger partial charge in [0, 0.05) is 18.2 Å². The van der Waals surface area contributed by atoms with Crippen molar-refractivity contribution in [2.75, 3.05) is 20.1 Å². The Kier molecular flexibility index (Phi) is 4.56. The summed E-state index contributed by atoms with van der Waals surface area (Å²) in [5.74, 6) is 0.186. The maximum Gasteiger partial charge on any atom is 0.254 e. The summed E-state index contributed by atoms with van der Waals surface area (Å²) >= 11 is 0. The van der Waals surface area contributed by atoms with Gasteiger partial charge in [0.05, 0.1) is 13.2 Å². The molecule has 1 amide bonds. The third kappa shape index (κ3) is 3.11. The number of nitrogens with zero attached hydrogens (tertiary/aromatic N) is 1. The van der Waals surface area contributed by atoms with Crippen LogP contribution in [0.1, 0.15) is 47.2 Å². The number of likely N-dealkylation sites (tertiary alicyclic amines) is 1. The maximum absolute atomic E-state index is 12.8. The van der Waals surface area contributed by atoms with E-state index in [1.807, 2.05) is 25.2 Å². The van der Waals surface area contributed by atoms with E-state index in [4.69, 9.17) is 4.74 Å². The van der Waals surface area contributed by atoms with Gasteiger partial charge in [-0.15, -0.1) is 0 Å². The van der Waals surface area contributed by atoms with Crippen LogP contribution in [0.5, 0.6) is 0 Å². The Labute approximate surface area is 126 Å². The number of ether oxygens (including phenoxy) is 1. The number of fused-ring (bicyclic) bond motifs is 1. The summed E-state index contributed by atoms with van der Waals surface area (Å²) in [4.78, 5) is 14.9. The summed E-state index contributed by atoms with van der Waals surface area (Å²) in [6, 6.07) is 6.40. The van der Waals surface area contributed by atoms with Crippen LogP contribution in [0.2, 0.25) is 0 Å². The van der Waals surface area contributed by atoms with Gasteiger partial charge in [-0.25, -0.2) is 0 Å². The summed E-state index contributed by atoms with van der Waals surface area (Å²) in [6.45, 7) is 3.17. The minimum Gasteiger partial charge on any atom is -0.372 e. The summed E-state index contributed by atoms with van der Waals surface area (Å²) in [5, 5.41) is 3.19. The van der Waals surface area contributed by atoms with E-state index in [1.54, 1.807) is 0 Å². The third-order valence-corrected chi connectivity index (χ3v) is 4.58. The Morgan fingerprint density at radius 3 is 3.05 bits per heavy atom. The highest BCUT2D eigenvalue weighted by atomic mass is 16.5. The normalized spacial score (nSPS) is 21.4. The van der Waals surface area contributed by atoms with Crippen molar-refractivity contribution in [1.29, 1.82) is 0 Å². The average molecular weight is 288 g/mol. The van der Waals surface area contributed by atoms with E-state index in [0.717, 1.165) is 37.9 Å². The number of rotatable bonds is 4. The van der Waals surface area contributed by atoms with E-state index in [1.165, 1.54) is 17.5 Å². The van der Waals surface area contributed by atoms with Crippen molar-refractivity contribution in [3.63, 3.8) is 0 Å². The highest BCUT2D eigenvalue weighted by Gasteiger charge is 2.27. The van der Waals surface area contributed by atoms with E-state index in [9.17, 15) is 4.79 Å². The predicted octanol–water partition coefficient (Wildman–Crippen LogP) is 2.32. The number of carbonyl (C=O) groups excluding carboxylic acids is 1. The molecule has 1 unspecified atom stereocenters. The van der Waals surface area contributed by atoms with Gasteiger partial charge in [-0.2, -0.15) is 0 Å². The Hall–Kier alpha value is -1.39. The number of piperidine rings is 1. The second-order valence-corrected chi connectivity index (χ2v) is 6.02. The Balaban J connectivity index is 1.76. The second kappa shape index (κ2) is 6.58. The van der Waals surface area contributed by atoms with E-state index in [-0.39, 0.29) is 5.91 Å². The molecular weight excluding hydrogens is 264 g/mol. The molecule has 2 aliphatic heterocycles. The van der Waals surface area contributed by atoms with Crippen LogP contribution in [0.15, 0.2) is 18.2 Å². The number of carbonyl (C=O) groups is 1. The molecule has 1 aromatic rings. The Morgan fingerprint density at radius 1 is 1.33 bits per heavy atom. The summed E-state index contributed by atoms with van der Waals surface area (Å²) in [6.07, 6.45) is 4.52. The van der Waals surface area contributed by atoms with Crippen molar-refractivity contribution in [1.82, 2.24) is 10.2 Å². The molecule has 0 aromatic heterocycles. The SMILES string of the molecule is CNCCC1CCCCN1C(=O)c1ccc2c(c1)COC2.